The van der Waals surface area contributed by atoms with Gasteiger partial charge in [-0.1, -0.05) is 0 Å². The molecule has 0 N–H and O–H groups in total. The maximum absolute atomic E-state index is 11.8. The molecule has 0 spiro atoms. The Morgan fingerprint density at radius 3 is 1.80 bits per heavy atom. The Kier molecular flexibility index (Phi) is 2.77. The summed E-state index contributed by atoms with van der Waals surface area (Å²) < 4.78 is 24.6. The number of hydrogen-bond donors (Lipinski definition) is 0. The van der Waals surface area contributed by atoms with Gasteiger partial charge in [-0.2, -0.15) is 8.78 Å². The maximum atomic E-state index is 11.8. The van der Waals surface area contributed by atoms with E-state index in [2.05, 4.69) is 10.2 Å². The van der Waals surface area contributed by atoms with Crippen LogP contribution in [-0.4, -0.2) is 15.0 Å². The Morgan fingerprint density at radius 1 is 1.20 bits per heavy atom. The average molecular weight is 371 g/mol. The van der Waals surface area contributed by atoms with E-state index in [4.69, 9.17) is 0 Å². The molecular formula is C3HF2I2N3. The zero-order valence-electron chi connectivity index (χ0n) is 4.43. The third-order valence-electron chi connectivity index (χ3n) is 0.725. The fourth-order valence-corrected chi connectivity index (χ4v) is 1.03. The van der Waals surface area contributed by atoms with Gasteiger partial charge in [0.2, 0.25) is 0 Å². The summed E-state index contributed by atoms with van der Waals surface area (Å²) in [5.41, 5.74) is 0. The van der Waals surface area contributed by atoms with Gasteiger partial charge in [-0.05, 0) is 45.2 Å². The monoisotopic (exact) mass is 371 g/mol. The standard InChI is InChI=1S/C3HF2I2N3/c4-3(5)10-8-1(6)2(7)9-10/h3H. The van der Waals surface area contributed by atoms with Crippen molar-refractivity contribution in [1.82, 2.24) is 15.0 Å². The minimum absolute atomic E-state index is 0.392. The van der Waals surface area contributed by atoms with Gasteiger partial charge in [0.15, 0.2) is 7.40 Å². The van der Waals surface area contributed by atoms with E-state index in [0.717, 1.165) is 0 Å². The lowest BCUT2D eigenvalue weighted by molar-refractivity contribution is 0.0407. The van der Waals surface area contributed by atoms with Crippen LogP contribution in [0, 0.1) is 7.40 Å². The molecule has 0 aliphatic heterocycles. The van der Waals surface area contributed by atoms with E-state index in [1.807, 2.05) is 45.2 Å². The van der Waals surface area contributed by atoms with E-state index in [0.29, 0.717) is 12.2 Å². The Balaban J connectivity index is 2.98. The molecule has 1 aromatic heterocycles. The summed E-state index contributed by atoms with van der Waals surface area (Å²) in [4.78, 5) is 0.392. The molecule has 7 heteroatoms. The summed E-state index contributed by atoms with van der Waals surface area (Å²) >= 11 is 3.69. The Labute approximate surface area is 82.4 Å². The highest BCUT2D eigenvalue weighted by Gasteiger charge is 2.11. The molecule has 0 fully saturated rings. The molecule has 1 heterocycles. The average Bonchev–Trinajstić information content (AvgIpc) is 2.13. The first-order valence-corrected chi connectivity index (χ1v) is 4.33. The summed E-state index contributed by atoms with van der Waals surface area (Å²) in [5, 5.41) is 6.89. The predicted molar refractivity (Wildman–Crippen MR) is 46.7 cm³/mol. The summed E-state index contributed by atoms with van der Waals surface area (Å²) in [7, 11) is 0. The van der Waals surface area contributed by atoms with E-state index in [-0.39, 0.29) is 0 Å². The van der Waals surface area contributed by atoms with E-state index in [1.165, 1.54) is 0 Å². The molecular weight excluding hydrogens is 370 g/mol. The lowest BCUT2D eigenvalue weighted by atomic mass is 11.0. The fraction of sp³-hybridized carbons (Fsp3) is 0.333. The van der Waals surface area contributed by atoms with E-state index >= 15 is 0 Å². The van der Waals surface area contributed by atoms with Crippen LogP contribution in [0.4, 0.5) is 8.78 Å². The summed E-state index contributed by atoms with van der Waals surface area (Å²) in [6.45, 7) is -2.64. The normalized spacial score (nSPS) is 10.9. The Morgan fingerprint density at radius 2 is 1.60 bits per heavy atom. The van der Waals surface area contributed by atoms with Crippen LogP contribution >= 0.6 is 45.2 Å². The molecule has 0 aliphatic carbocycles. The van der Waals surface area contributed by atoms with E-state index < -0.39 is 6.55 Å². The second kappa shape index (κ2) is 3.24. The Bertz CT molecular complexity index is 216. The molecule has 0 bridgehead atoms. The molecule has 0 unspecified atom stereocenters. The highest BCUT2D eigenvalue weighted by molar-refractivity contribution is 14.1. The third kappa shape index (κ3) is 1.74. The molecule has 0 amide bonds. The van der Waals surface area contributed by atoms with Crippen molar-refractivity contribution in [1.29, 1.82) is 0 Å². The van der Waals surface area contributed by atoms with Gasteiger partial charge in [0.25, 0.3) is 0 Å². The Hall–Kier alpha value is 0.460. The first-order valence-electron chi connectivity index (χ1n) is 2.17. The van der Waals surface area contributed by atoms with Crippen LogP contribution in [0.15, 0.2) is 0 Å². The number of hydrogen-bond acceptors (Lipinski definition) is 2. The quantitative estimate of drug-likeness (QED) is 0.707. The van der Waals surface area contributed by atoms with Crippen molar-refractivity contribution < 1.29 is 8.78 Å². The molecule has 0 saturated heterocycles. The minimum Gasteiger partial charge on any atom is -0.182 e. The second-order valence-corrected chi connectivity index (χ2v) is 3.42. The molecule has 0 atom stereocenters. The van der Waals surface area contributed by atoms with E-state index in [1.54, 1.807) is 0 Å². The van der Waals surface area contributed by atoms with Crippen molar-refractivity contribution in [3.05, 3.63) is 7.40 Å². The maximum Gasteiger partial charge on any atom is 0.348 e. The van der Waals surface area contributed by atoms with Crippen molar-refractivity contribution in [2.24, 2.45) is 0 Å². The van der Waals surface area contributed by atoms with Gasteiger partial charge in [0, 0.05) is 0 Å². The minimum atomic E-state index is -2.64. The summed E-state index contributed by atoms with van der Waals surface area (Å²) in [6, 6.07) is 0. The zero-order chi connectivity index (χ0) is 7.72. The van der Waals surface area contributed by atoms with Crippen LogP contribution in [0.3, 0.4) is 0 Å². The lowest BCUT2D eigenvalue weighted by Gasteiger charge is -1.91. The SMILES string of the molecule is FC(F)n1nc(I)c(I)n1. The molecule has 0 saturated carbocycles. The number of halogens is 4. The van der Waals surface area contributed by atoms with Crippen LogP contribution in [0.1, 0.15) is 6.55 Å². The molecule has 1 rings (SSSR count). The van der Waals surface area contributed by atoms with E-state index in [9.17, 15) is 8.78 Å². The van der Waals surface area contributed by atoms with Gasteiger partial charge in [0.1, 0.15) is 0 Å². The number of alkyl halides is 2. The van der Waals surface area contributed by atoms with Crippen LogP contribution in [0.5, 0.6) is 0 Å². The van der Waals surface area contributed by atoms with Crippen LogP contribution in [0.25, 0.3) is 0 Å². The smallest absolute Gasteiger partial charge is 0.182 e. The summed E-state index contributed by atoms with van der Waals surface area (Å²) in [6.07, 6.45) is 0. The number of nitrogens with zero attached hydrogens (tertiary/aromatic N) is 3. The largest absolute Gasteiger partial charge is 0.348 e. The highest BCUT2D eigenvalue weighted by atomic mass is 127. The fourth-order valence-electron chi connectivity index (χ4n) is 0.372. The van der Waals surface area contributed by atoms with Crippen LogP contribution in [0.2, 0.25) is 0 Å². The van der Waals surface area contributed by atoms with Gasteiger partial charge in [-0.15, -0.1) is 15.0 Å². The van der Waals surface area contributed by atoms with Crippen molar-refractivity contribution in [2.75, 3.05) is 0 Å². The predicted octanol–water partition coefficient (Wildman–Crippen LogP) is 1.88. The van der Waals surface area contributed by atoms with Gasteiger partial charge >= 0.3 is 6.55 Å². The molecule has 56 valence electrons. The number of aromatic nitrogens is 3. The topological polar surface area (TPSA) is 30.7 Å². The number of rotatable bonds is 1. The molecule has 0 aliphatic rings. The third-order valence-corrected chi connectivity index (χ3v) is 3.21. The first kappa shape index (κ1) is 8.56. The van der Waals surface area contributed by atoms with Gasteiger partial charge < -0.3 is 0 Å². The van der Waals surface area contributed by atoms with Crippen LogP contribution in [-0.2, 0) is 0 Å². The van der Waals surface area contributed by atoms with Crippen molar-refractivity contribution in [2.45, 2.75) is 6.55 Å². The molecule has 0 aromatic carbocycles. The molecule has 1 aromatic rings. The molecule has 0 radical (unpaired) electrons. The van der Waals surface area contributed by atoms with Crippen molar-refractivity contribution in [3.63, 3.8) is 0 Å². The molecule has 10 heavy (non-hydrogen) atoms. The lowest BCUT2D eigenvalue weighted by Crippen LogP contribution is -2.02. The van der Waals surface area contributed by atoms with Crippen molar-refractivity contribution >= 4 is 45.2 Å². The second-order valence-electron chi connectivity index (χ2n) is 1.38. The van der Waals surface area contributed by atoms with Gasteiger partial charge in [-0.3, -0.25) is 0 Å². The van der Waals surface area contributed by atoms with Gasteiger partial charge in [0.05, 0.1) is 0 Å². The van der Waals surface area contributed by atoms with Gasteiger partial charge in [-0.25, -0.2) is 0 Å². The highest BCUT2D eigenvalue weighted by Crippen LogP contribution is 2.13. The summed E-state index contributed by atoms with van der Waals surface area (Å²) in [5.74, 6) is 0. The van der Waals surface area contributed by atoms with Crippen molar-refractivity contribution in [3.8, 4) is 0 Å². The first-order chi connectivity index (χ1) is 4.61. The zero-order valence-corrected chi connectivity index (χ0v) is 8.75. The van der Waals surface area contributed by atoms with Crippen LogP contribution < -0.4 is 0 Å². The molecule has 3 nitrogen and oxygen atoms in total.